The lowest BCUT2D eigenvalue weighted by atomic mass is 9.94. The van der Waals surface area contributed by atoms with Gasteiger partial charge in [0.15, 0.2) is 17.5 Å². The minimum absolute atomic E-state index is 0.599. The van der Waals surface area contributed by atoms with Crippen molar-refractivity contribution in [1.82, 2.24) is 19.5 Å². The second-order valence-electron chi connectivity index (χ2n) is 13.6. The predicted molar refractivity (Wildman–Crippen MR) is 221 cm³/mol. The van der Waals surface area contributed by atoms with Gasteiger partial charge in [0.25, 0.3) is 0 Å². The fourth-order valence-corrected chi connectivity index (χ4v) is 7.95. The van der Waals surface area contributed by atoms with Crippen LogP contribution in [0.2, 0.25) is 0 Å². The van der Waals surface area contributed by atoms with Gasteiger partial charge in [-0.25, -0.2) is 15.0 Å². The van der Waals surface area contributed by atoms with Crippen molar-refractivity contribution >= 4 is 54.5 Å². The maximum Gasteiger partial charge on any atom is 0.164 e. The average molecular weight is 691 g/mol. The fraction of sp³-hybridized carbons (Fsp3) is 0. The van der Waals surface area contributed by atoms with Crippen LogP contribution in [-0.4, -0.2) is 19.5 Å². The number of hydrogen-bond donors (Lipinski definition) is 0. The van der Waals surface area contributed by atoms with E-state index in [1.165, 1.54) is 21.5 Å². The van der Waals surface area contributed by atoms with Crippen LogP contribution in [0.15, 0.2) is 186 Å². The Kier molecular flexibility index (Phi) is 6.79. The third-order valence-electron chi connectivity index (χ3n) is 10.4. The van der Waals surface area contributed by atoms with Crippen molar-refractivity contribution in [1.29, 1.82) is 0 Å². The maximum absolute atomic E-state index is 6.43. The Bertz CT molecular complexity index is 3160. The highest BCUT2D eigenvalue weighted by atomic mass is 16.3. The van der Waals surface area contributed by atoms with E-state index in [-0.39, 0.29) is 0 Å². The number of aromatic nitrogens is 4. The van der Waals surface area contributed by atoms with Crippen molar-refractivity contribution in [3.63, 3.8) is 0 Å². The van der Waals surface area contributed by atoms with Crippen LogP contribution in [0.4, 0.5) is 0 Å². The molecule has 11 rings (SSSR count). The minimum atomic E-state index is 0.599. The van der Waals surface area contributed by atoms with Crippen LogP contribution in [0.1, 0.15) is 0 Å². The van der Waals surface area contributed by atoms with Gasteiger partial charge in [-0.2, -0.15) is 0 Å². The summed E-state index contributed by atoms with van der Waals surface area (Å²) in [5.41, 5.74) is 9.83. The van der Waals surface area contributed by atoms with Crippen LogP contribution in [0, 0.1) is 0 Å². The number of rotatable bonds is 5. The molecular formula is C49H30N4O. The Morgan fingerprint density at radius 3 is 1.74 bits per heavy atom. The summed E-state index contributed by atoms with van der Waals surface area (Å²) in [7, 11) is 0. The van der Waals surface area contributed by atoms with E-state index in [1.807, 2.05) is 78.9 Å². The molecule has 0 atom stereocenters. The van der Waals surface area contributed by atoms with Crippen molar-refractivity contribution in [2.24, 2.45) is 0 Å². The lowest BCUT2D eigenvalue weighted by Crippen LogP contribution is -2.02. The Hall–Kier alpha value is -7.37. The Labute approximate surface area is 310 Å². The molecule has 0 unspecified atom stereocenters. The lowest BCUT2D eigenvalue weighted by molar-refractivity contribution is 0.669. The van der Waals surface area contributed by atoms with Gasteiger partial charge in [-0.3, -0.25) is 0 Å². The molecule has 0 aliphatic heterocycles. The number of nitrogens with zero attached hydrogens (tertiary/aromatic N) is 4. The molecular weight excluding hydrogens is 661 g/mol. The largest absolute Gasteiger partial charge is 0.456 e. The van der Waals surface area contributed by atoms with Crippen LogP contribution in [0.25, 0.3) is 105 Å². The first-order valence-corrected chi connectivity index (χ1v) is 18.1. The van der Waals surface area contributed by atoms with E-state index >= 15 is 0 Å². The average Bonchev–Trinajstić information content (AvgIpc) is 3.78. The zero-order chi connectivity index (χ0) is 35.6. The highest BCUT2D eigenvalue weighted by molar-refractivity contribution is 6.15. The van der Waals surface area contributed by atoms with Crippen LogP contribution in [0.3, 0.4) is 0 Å². The number of furan rings is 1. The molecule has 0 saturated heterocycles. The van der Waals surface area contributed by atoms with E-state index in [9.17, 15) is 0 Å². The Morgan fingerprint density at radius 1 is 0.370 bits per heavy atom. The standard InChI is InChI=1S/C49H30N4O/c1-3-14-31(15-4-1)47-50-48(32-16-5-2-6-17-32)52-49(51-47)38-27-26-35(30-40(38)37-22-13-25-45-46(37)39-21-10-12-24-44(39)54-45)53-42-23-11-9-20-36(42)41-28-33-18-7-8-19-34(33)29-43(41)53/h1-30H. The third kappa shape index (κ3) is 4.83. The summed E-state index contributed by atoms with van der Waals surface area (Å²) >= 11 is 0. The summed E-state index contributed by atoms with van der Waals surface area (Å²) in [5.74, 6) is 1.84. The van der Waals surface area contributed by atoms with Crippen LogP contribution in [0.5, 0.6) is 0 Å². The maximum atomic E-state index is 6.43. The van der Waals surface area contributed by atoms with Gasteiger partial charge < -0.3 is 8.98 Å². The third-order valence-corrected chi connectivity index (χ3v) is 10.4. The van der Waals surface area contributed by atoms with E-state index < -0.39 is 0 Å². The van der Waals surface area contributed by atoms with Crippen LogP contribution >= 0.6 is 0 Å². The topological polar surface area (TPSA) is 56.7 Å². The van der Waals surface area contributed by atoms with Gasteiger partial charge in [0.2, 0.25) is 0 Å². The van der Waals surface area contributed by atoms with E-state index in [0.29, 0.717) is 17.5 Å². The Balaban J connectivity index is 1.23. The number of para-hydroxylation sites is 2. The highest BCUT2D eigenvalue weighted by Gasteiger charge is 2.21. The summed E-state index contributed by atoms with van der Waals surface area (Å²) < 4.78 is 8.81. The number of hydrogen-bond acceptors (Lipinski definition) is 4. The smallest absolute Gasteiger partial charge is 0.164 e. The van der Waals surface area contributed by atoms with Crippen LogP contribution in [-0.2, 0) is 0 Å². The van der Waals surface area contributed by atoms with E-state index in [1.54, 1.807) is 0 Å². The molecule has 0 aliphatic carbocycles. The molecule has 3 aromatic heterocycles. The molecule has 252 valence electrons. The van der Waals surface area contributed by atoms with Crippen molar-refractivity contribution in [3.8, 4) is 51.0 Å². The van der Waals surface area contributed by atoms with E-state index in [4.69, 9.17) is 19.4 Å². The van der Waals surface area contributed by atoms with Gasteiger partial charge in [-0.1, -0.05) is 133 Å². The van der Waals surface area contributed by atoms with Gasteiger partial charge in [0.05, 0.1) is 11.0 Å². The molecule has 8 aromatic carbocycles. The molecule has 54 heavy (non-hydrogen) atoms. The quantitative estimate of drug-likeness (QED) is 0.180. The highest BCUT2D eigenvalue weighted by Crippen LogP contribution is 2.43. The van der Waals surface area contributed by atoms with Gasteiger partial charge in [-0.05, 0) is 70.4 Å². The molecule has 0 aliphatic rings. The molecule has 0 radical (unpaired) electrons. The number of benzene rings is 8. The molecule has 0 bridgehead atoms. The molecule has 0 spiro atoms. The van der Waals surface area contributed by atoms with Crippen LogP contribution < -0.4 is 0 Å². The molecule has 5 heteroatoms. The second kappa shape index (κ2) is 12.1. The molecule has 0 N–H and O–H groups in total. The van der Waals surface area contributed by atoms with E-state index in [2.05, 4.69) is 108 Å². The second-order valence-corrected chi connectivity index (χ2v) is 13.6. The Morgan fingerprint density at radius 2 is 0.981 bits per heavy atom. The van der Waals surface area contributed by atoms with Crippen molar-refractivity contribution in [2.75, 3.05) is 0 Å². The monoisotopic (exact) mass is 690 g/mol. The van der Waals surface area contributed by atoms with Crippen molar-refractivity contribution < 1.29 is 4.42 Å². The SMILES string of the molecule is c1ccc(-c2nc(-c3ccccc3)nc(-c3ccc(-n4c5ccccc5c5cc6ccccc6cc54)cc3-c3cccc4oc5ccccc5c34)n2)cc1. The first-order valence-electron chi connectivity index (χ1n) is 18.1. The molecule has 0 fully saturated rings. The summed E-state index contributed by atoms with van der Waals surface area (Å²) in [4.78, 5) is 15.4. The van der Waals surface area contributed by atoms with Gasteiger partial charge in [-0.15, -0.1) is 0 Å². The summed E-state index contributed by atoms with van der Waals surface area (Å²) in [5, 5.41) is 6.97. The number of fused-ring (bicyclic) bond motifs is 7. The summed E-state index contributed by atoms with van der Waals surface area (Å²) in [6.45, 7) is 0. The predicted octanol–water partition coefficient (Wildman–Crippen LogP) is 12.7. The lowest BCUT2D eigenvalue weighted by Gasteiger charge is -2.16. The molecule has 5 nitrogen and oxygen atoms in total. The zero-order valence-corrected chi connectivity index (χ0v) is 29.0. The summed E-state index contributed by atoms with van der Waals surface area (Å²) in [6, 6.07) is 63.3. The van der Waals surface area contributed by atoms with Gasteiger partial charge >= 0.3 is 0 Å². The normalized spacial score (nSPS) is 11.7. The molecule has 0 saturated carbocycles. The van der Waals surface area contributed by atoms with Crippen molar-refractivity contribution in [3.05, 3.63) is 182 Å². The minimum Gasteiger partial charge on any atom is -0.456 e. The van der Waals surface area contributed by atoms with Gasteiger partial charge in [0, 0.05) is 43.9 Å². The first kappa shape index (κ1) is 30.3. The molecule has 3 heterocycles. The van der Waals surface area contributed by atoms with Crippen molar-refractivity contribution in [2.45, 2.75) is 0 Å². The summed E-state index contributed by atoms with van der Waals surface area (Å²) in [6.07, 6.45) is 0. The zero-order valence-electron chi connectivity index (χ0n) is 29.0. The van der Waals surface area contributed by atoms with Gasteiger partial charge in [0.1, 0.15) is 11.2 Å². The fourth-order valence-electron chi connectivity index (χ4n) is 7.95. The van der Waals surface area contributed by atoms with E-state index in [0.717, 1.165) is 66.5 Å². The first-order chi connectivity index (χ1) is 26.8. The molecule has 11 aromatic rings. The molecule has 0 amide bonds.